The number of hydrogen-bond acceptors (Lipinski definition) is 8. The number of hydrogen-bond donors (Lipinski definition) is 2. The van der Waals surface area contributed by atoms with Crippen LogP contribution in [0, 0.1) is 11.8 Å². The second kappa shape index (κ2) is 10.0. The standard InChI is InChI=1S/C22H30O8/c1-6-11(2)21(26)29-18-7-12(3)16(25)9-17(28-14(5)24)15(10-23)8-19-20(18)13(4)22(27)30-19/h7-8,11,16-20,23,25H,4,6,9-10H2,1-3,5H3/b12-7-,15-8-/t11-,16-,17+,18-,19-,20-/m0/s1. The molecule has 8 nitrogen and oxygen atoms in total. The van der Waals surface area contributed by atoms with E-state index in [4.69, 9.17) is 14.2 Å². The van der Waals surface area contributed by atoms with Gasteiger partial charge in [-0.3, -0.25) is 9.59 Å². The Bertz CT molecular complexity index is 765. The summed E-state index contributed by atoms with van der Waals surface area (Å²) in [4.78, 5) is 36.2. The van der Waals surface area contributed by atoms with E-state index in [2.05, 4.69) is 6.58 Å². The minimum Gasteiger partial charge on any atom is -0.458 e. The number of carbonyl (C=O) groups excluding carboxylic acids is 3. The van der Waals surface area contributed by atoms with Gasteiger partial charge in [0.15, 0.2) is 0 Å². The number of fused-ring (bicyclic) bond motifs is 1. The summed E-state index contributed by atoms with van der Waals surface area (Å²) in [7, 11) is 0. The molecule has 1 saturated heterocycles. The SMILES string of the molecule is C=C1C(=O)O[C@H]2/C=C(/CO)[C@H](OC(C)=O)C[C@H](O)/C(C)=C\[C@H](OC(=O)[C@@H](C)CC)[C@H]12. The predicted molar refractivity (Wildman–Crippen MR) is 107 cm³/mol. The summed E-state index contributed by atoms with van der Waals surface area (Å²) in [6.07, 6.45) is -0.0639. The zero-order valence-electron chi connectivity index (χ0n) is 17.8. The molecular weight excluding hydrogens is 392 g/mol. The lowest BCUT2D eigenvalue weighted by molar-refractivity contribution is -0.154. The summed E-state index contributed by atoms with van der Waals surface area (Å²) in [5.74, 6) is -2.74. The van der Waals surface area contributed by atoms with Crippen molar-refractivity contribution < 1.29 is 38.8 Å². The second-order valence-corrected chi connectivity index (χ2v) is 7.79. The Labute approximate surface area is 176 Å². The molecule has 0 aromatic carbocycles. The summed E-state index contributed by atoms with van der Waals surface area (Å²) in [6.45, 7) is 9.80. The number of rotatable bonds is 5. The van der Waals surface area contributed by atoms with Crippen molar-refractivity contribution in [2.75, 3.05) is 6.61 Å². The minimum absolute atomic E-state index is 0.00733. The monoisotopic (exact) mass is 422 g/mol. The summed E-state index contributed by atoms with van der Waals surface area (Å²) < 4.78 is 16.4. The predicted octanol–water partition coefficient (Wildman–Crippen LogP) is 1.60. The highest BCUT2D eigenvalue weighted by Gasteiger charge is 2.45. The number of aliphatic hydroxyl groups is 2. The zero-order valence-corrected chi connectivity index (χ0v) is 17.8. The van der Waals surface area contributed by atoms with Crippen LogP contribution >= 0.6 is 0 Å². The van der Waals surface area contributed by atoms with Crippen LogP contribution in [0.25, 0.3) is 0 Å². The number of aliphatic hydroxyl groups excluding tert-OH is 2. The Morgan fingerprint density at radius 3 is 2.57 bits per heavy atom. The van der Waals surface area contributed by atoms with Gasteiger partial charge in [0.05, 0.1) is 24.5 Å². The van der Waals surface area contributed by atoms with Crippen molar-refractivity contribution in [1.82, 2.24) is 0 Å². The van der Waals surface area contributed by atoms with Crippen molar-refractivity contribution >= 4 is 17.9 Å². The molecule has 2 N–H and O–H groups in total. The van der Waals surface area contributed by atoms with Crippen LogP contribution < -0.4 is 0 Å². The Hall–Kier alpha value is -2.45. The molecule has 0 spiro atoms. The first-order valence-corrected chi connectivity index (χ1v) is 10.0. The van der Waals surface area contributed by atoms with E-state index in [-0.39, 0.29) is 23.5 Å². The molecule has 1 heterocycles. The maximum Gasteiger partial charge on any atom is 0.334 e. The fraction of sp³-hybridized carbons (Fsp3) is 0.591. The highest BCUT2D eigenvalue weighted by molar-refractivity contribution is 5.91. The number of carbonyl (C=O) groups is 3. The molecule has 0 unspecified atom stereocenters. The summed E-state index contributed by atoms with van der Waals surface area (Å²) in [5.41, 5.74) is 0.876. The minimum atomic E-state index is -1.03. The van der Waals surface area contributed by atoms with Crippen LogP contribution in [0.1, 0.15) is 40.5 Å². The van der Waals surface area contributed by atoms with E-state index in [0.717, 1.165) is 0 Å². The van der Waals surface area contributed by atoms with Crippen LogP contribution in [0.4, 0.5) is 0 Å². The van der Waals surface area contributed by atoms with Crippen LogP contribution in [0.3, 0.4) is 0 Å². The van der Waals surface area contributed by atoms with E-state index >= 15 is 0 Å². The van der Waals surface area contributed by atoms with Crippen LogP contribution in [0.2, 0.25) is 0 Å². The number of ether oxygens (including phenoxy) is 3. The molecule has 0 amide bonds. The van der Waals surface area contributed by atoms with Gasteiger partial charge in [0, 0.05) is 18.9 Å². The Kier molecular flexibility index (Phi) is 7.97. The normalized spacial score (nSPS) is 33.9. The lowest BCUT2D eigenvalue weighted by Crippen LogP contribution is -2.36. The van der Waals surface area contributed by atoms with Crippen molar-refractivity contribution in [2.24, 2.45) is 11.8 Å². The largest absolute Gasteiger partial charge is 0.458 e. The zero-order chi connectivity index (χ0) is 22.6. The molecule has 2 aliphatic rings. The van der Waals surface area contributed by atoms with Crippen molar-refractivity contribution in [2.45, 2.75) is 65.0 Å². The smallest absolute Gasteiger partial charge is 0.334 e. The molecule has 1 aliphatic heterocycles. The van der Waals surface area contributed by atoms with Crippen molar-refractivity contribution in [1.29, 1.82) is 0 Å². The average molecular weight is 422 g/mol. The third kappa shape index (κ3) is 5.37. The van der Waals surface area contributed by atoms with Gasteiger partial charge in [0.1, 0.15) is 18.3 Å². The Balaban J connectivity index is 2.53. The third-order valence-corrected chi connectivity index (χ3v) is 5.56. The topological polar surface area (TPSA) is 119 Å². The van der Waals surface area contributed by atoms with E-state index in [1.807, 2.05) is 6.92 Å². The van der Waals surface area contributed by atoms with E-state index in [9.17, 15) is 24.6 Å². The molecule has 0 aromatic heterocycles. The molecule has 6 atom stereocenters. The Morgan fingerprint density at radius 2 is 2.00 bits per heavy atom. The quantitative estimate of drug-likeness (QED) is 0.297. The molecular formula is C22H30O8. The molecule has 0 radical (unpaired) electrons. The Morgan fingerprint density at radius 1 is 1.33 bits per heavy atom. The van der Waals surface area contributed by atoms with Gasteiger partial charge in [-0.25, -0.2) is 4.79 Å². The van der Waals surface area contributed by atoms with Gasteiger partial charge >= 0.3 is 17.9 Å². The van der Waals surface area contributed by atoms with Crippen LogP contribution in [0.15, 0.2) is 35.5 Å². The first-order chi connectivity index (χ1) is 14.1. The summed E-state index contributed by atoms with van der Waals surface area (Å²) in [5, 5.41) is 20.5. The maximum atomic E-state index is 12.5. The van der Waals surface area contributed by atoms with Gasteiger partial charge in [0.25, 0.3) is 0 Å². The van der Waals surface area contributed by atoms with Crippen molar-refractivity contribution in [3.63, 3.8) is 0 Å². The van der Waals surface area contributed by atoms with E-state index in [0.29, 0.717) is 12.0 Å². The highest BCUT2D eigenvalue weighted by atomic mass is 16.6. The molecule has 166 valence electrons. The second-order valence-electron chi connectivity index (χ2n) is 7.79. The van der Waals surface area contributed by atoms with Crippen LogP contribution in [-0.4, -0.2) is 59.1 Å². The van der Waals surface area contributed by atoms with Crippen molar-refractivity contribution in [3.05, 3.63) is 35.5 Å². The molecule has 2 rings (SSSR count). The lowest BCUT2D eigenvalue weighted by Gasteiger charge is -2.29. The fourth-order valence-corrected chi connectivity index (χ4v) is 3.47. The fourth-order valence-electron chi connectivity index (χ4n) is 3.47. The van der Waals surface area contributed by atoms with Gasteiger partial charge in [-0.05, 0) is 36.6 Å². The van der Waals surface area contributed by atoms with Gasteiger partial charge in [-0.2, -0.15) is 0 Å². The van der Waals surface area contributed by atoms with Crippen LogP contribution in [0.5, 0.6) is 0 Å². The van der Waals surface area contributed by atoms with Crippen molar-refractivity contribution in [3.8, 4) is 0 Å². The number of esters is 3. The molecule has 8 heteroatoms. The van der Waals surface area contributed by atoms with Gasteiger partial charge < -0.3 is 24.4 Å². The molecule has 0 aromatic rings. The van der Waals surface area contributed by atoms with Gasteiger partial charge in [-0.1, -0.05) is 20.4 Å². The maximum absolute atomic E-state index is 12.5. The first-order valence-electron chi connectivity index (χ1n) is 10.0. The van der Waals surface area contributed by atoms with E-state index in [1.165, 1.54) is 13.0 Å². The summed E-state index contributed by atoms with van der Waals surface area (Å²) >= 11 is 0. The molecule has 1 fully saturated rings. The third-order valence-electron chi connectivity index (χ3n) is 5.56. The van der Waals surface area contributed by atoms with Crippen LogP contribution in [-0.2, 0) is 28.6 Å². The van der Waals surface area contributed by atoms with E-state index < -0.39 is 54.8 Å². The van der Waals surface area contributed by atoms with Gasteiger partial charge in [0.2, 0.25) is 0 Å². The molecule has 0 bridgehead atoms. The van der Waals surface area contributed by atoms with Gasteiger partial charge in [-0.15, -0.1) is 0 Å². The average Bonchev–Trinajstić information content (AvgIpc) is 2.96. The highest BCUT2D eigenvalue weighted by Crippen LogP contribution is 2.36. The molecule has 0 saturated carbocycles. The first kappa shape index (κ1) is 23.8. The molecule has 30 heavy (non-hydrogen) atoms. The summed E-state index contributed by atoms with van der Waals surface area (Å²) in [6, 6.07) is 0. The van der Waals surface area contributed by atoms with E-state index in [1.54, 1.807) is 19.9 Å². The lowest BCUT2D eigenvalue weighted by atomic mass is 9.85. The molecule has 1 aliphatic carbocycles.